The van der Waals surface area contributed by atoms with Crippen LogP contribution in [-0.4, -0.2) is 52.9 Å². The summed E-state index contributed by atoms with van der Waals surface area (Å²) in [5, 5.41) is 28.0. The molecule has 0 aromatic carbocycles. The summed E-state index contributed by atoms with van der Waals surface area (Å²) in [4.78, 5) is 0. The van der Waals surface area contributed by atoms with Crippen LogP contribution in [0.3, 0.4) is 0 Å². The number of hydrogen-bond donors (Lipinski definition) is 3. The summed E-state index contributed by atoms with van der Waals surface area (Å²) in [7, 11) is 0. The van der Waals surface area contributed by atoms with Gasteiger partial charge in [0.05, 0.1) is 13.2 Å². The quantitative estimate of drug-likeness (QED) is 0.247. The van der Waals surface area contributed by atoms with Gasteiger partial charge in [-0.1, -0.05) is 58.3 Å². The van der Waals surface area contributed by atoms with Crippen LogP contribution in [-0.2, 0) is 0 Å². The molecule has 0 radical (unpaired) electrons. The highest BCUT2D eigenvalue weighted by atomic mass is 16.5. The Balaban J connectivity index is 3.41. The number of aliphatic hydroxyl groups excluding tert-OH is 2. The van der Waals surface area contributed by atoms with Crippen molar-refractivity contribution in [3.8, 4) is 0 Å². The van der Waals surface area contributed by atoms with Gasteiger partial charge >= 0.3 is 0 Å². The Morgan fingerprint density at radius 1 is 0.600 bits per heavy atom. The number of rotatable bonds is 15. The normalized spacial score (nSPS) is 12.0. The highest BCUT2D eigenvalue weighted by Crippen LogP contribution is 2.12. The largest absolute Gasteiger partial charge is 0.390 e. The minimum absolute atomic E-state index is 0.0335. The number of nitrogens with zero attached hydrogens (tertiary/aromatic N) is 1. The molecular weight excluding hydrogens is 254 g/mol. The maximum Gasteiger partial charge on any atom is 0.132 e. The van der Waals surface area contributed by atoms with Crippen LogP contribution in [0, 0.1) is 0 Å². The molecule has 4 heteroatoms. The summed E-state index contributed by atoms with van der Waals surface area (Å²) in [6.07, 6.45) is 12.7. The molecule has 0 aliphatic carbocycles. The lowest BCUT2D eigenvalue weighted by Crippen LogP contribution is -2.49. The maximum atomic E-state index is 10.2. The van der Waals surface area contributed by atoms with Gasteiger partial charge in [0.2, 0.25) is 0 Å². The number of aliphatic hydroxyl groups is 2. The summed E-state index contributed by atoms with van der Waals surface area (Å²) in [6.45, 7) is 3.45. The van der Waals surface area contributed by atoms with Gasteiger partial charge in [0.15, 0.2) is 0 Å². The molecule has 0 aliphatic heterocycles. The smallest absolute Gasteiger partial charge is 0.132 e. The zero-order valence-electron chi connectivity index (χ0n) is 13.4. The SMILES string of the molecule is CCCCCCCCCCCC[N+](O)(CCO)CCO. The number of quaternary nitrogens is 1. The van der Waals surface area contributed by atoms with Gasteiger partial charge < -0.3 is 10.2 Å². The Labute approximate surface area is 125 Å². The van der Waals surface area contributed by atoms with E-state index in [2.05, 4.69) is 6.92 Å². The minimum Gasteiger partial charge on any atom is -0.390 e. The summed E-state index contributed by atoms with van der Waals surface area (Å²) in [6, 6.07) is 0. The van der Waals surface area contributed by atoms with Gasteiger partial charge in [-0.25, -0.2) is 5.21 Å². The van der Waals surface area contributed by atoms with E-state index in [0.717, 1.165) is 12.8 Å². The van der Waals surface area contributed by atoms with Crippen LogP contribution in [0.5, 0.6) is 0 Å². The average molecular weight is 290 g/mol. The molecule has 0 aliphatic rings. The minimum atomic E-state index is -0.190. The molecule has 0 heterocycles. The molecule has 0 bridgehead atoms. The van der Waals surface area contributed by atoms with Gasteiger partial charge in [0.1, 0.15) is 19.6 Å². The van der Waals surface area contributed by atoms with Crippen molar-refractivity contribution in [1.29, 1.82) is 0 Å². The molecule has 0 atom stereocenters. The molecule has 0 fully saturated rings. The van der Waals surface area contributed by atoms with E-state index in [9.17, 15) is 5.21 Å². The summed E-state index contributed by atoms with van der Waals surface area (Å²) in [5.74, 6) is 0. The third kappa shape index (κ3) is 11.6. The molecule has 0 aromatic rings. The second-order valence-electron chi connectivity index (χ2n) is 5.90. The van der Waals surface area contributed by atoms with E-state index in [1.54, 1.807) is 0 Å². The molecule has 0 unspecified atom stereocenters. The van der Waals surface area contributed by atoms with E-state index in [0.29, 0.717) is 19.6 Å². The summed E-state index contributed by atoms with van der Waals surface area (Å²) in [5.41, 5.74) is 0. The summed E-state index contributed by atoms with van der Waals surface area (Å²) >= 11 is 0. The predicted octanol–water partition coefficient (Wildman–Crippen LogP) is 3.10. The lowest BCUT2D eigenvalue weighted by Gasteiger charge is -2.28. The second-order valence-corrected chi connectivity index (χ2v) is 5.90. The molecule has 3 N–H and O–H groups in total. The third-order valence-corrected chi connectivity index (χ3v) is 3.96. The number of hydrogen-bond acceptors (Lipinski definition) is 3. The third-order valence-electron chi connectivity index (χ3n) is 3.96. The van der Waals surface area contributed by atoms with Crippen molar-refractivity contribution >= 4 is 0 Å². The fourth-order valence-corrected chi connectivity index (χ4v) is 2.60. The van der Waals surface area contributed by atoms with Crippen molar-refractivity contribution in [3.63, 3.8) is 0 Å². The van der Waals surface area contributed by atoms with Gasteiger partial charge in [-0.3, -0.25) is 0 Å². The molecule has 122 valence electrons. The molecule has 0 saturated heterocycles. The molecule has 4 nitrogen and oxygen atoms in total. The van der Waals surface area contributed by atoms with Crippen LogP contribution in [0.4, 0.5) is 0 Å². The summed E-state index contributed by atoms with van der Waals surface area (Å²) < 4.78 is -0.190. The van der Waals surface area contributed by atoms with Gasteiger partial charge in [0.25, 0.3) is 0 Å². The maximum absolute atomic E-state index is 10.2. The fraction of sp³-hybridized carbons (Fsp3) is 1.00. The number of unbranched alkanes of at least 4 members (excludes halogenated alkanes) is 9. The van der Waals surface area contributed by atoms with Crippen molar-refractivity contribution in [3.05, 3.63) is 0 Å². The zero-order valence-corrected chi connectivity index (χ0v) is 13.4. The lowest BCUT2D eigenvalue weighted by atomic mass is 10.1. The van der Waals surface area contributed by atoms with Crippen molar-refractivity contribution in [2.24, 2.45) is 0 Å². The Morgan fingerprint density at radius 2 is 1.00 bits per heavy atom. The van der Waals surface area contributed by atoms with E-state index in [1.807, 2.05) is 0 Å². The van der Waals surface area contributed by atoms with Crippen LogP contribution in [0.2, 0.25) is 0 Å². The van der Waals surface area contributed by atoms with E-state index < -0.39 is 0 Å². The molecule has 0 aromatic heterocycles. The lowest BCUT2D eigenvalue weighted by molar-refractivity contribution is -1.10. The van der Waals surface area contributed by atoms with E-state index in [4.69, 9.17) is 10.2 Å². The molecular formula is C16H36NO3+. The Hall–Kier alpha value is -0.160. The van der Waals surface area contributed by atoms with Crippen LogP contribution < -0.4 is 0 Å². The van der Waals surface area contributed by atoms with Crippen LogP contribution >= 0.6 is 0 Å². The van der Waals surface area contributed by atoms with Crippen molar-refractivity contribution in [2.45, 2.75) is 71.1 Å². The van der Waals surface area contributed by atoms with Crippen LogP contribution in [0.1, 0.15) is 71.1 Å². The first-order valence-corrected chi connectivity index (χ1v) is 8.49. The fourth-order valence-electron chi connectivity index (χ4n) is 2.60. The first-order valence-electron chi connectivity index (χ1n) is 8.49. The standard InChI is InChI=1S/C16H36NO3/c1-2-3-4-5-6-7-8-9-10-11-12-17(20,13-15-18)14-16-19/h18-20H,2-16H2,1H3/q+1. The zero-order chi connectivity index (χ0) is 15.1. The Morgan fingerprint density at radius 3 is 1.40 bits per heavy atom. The van der Waals surface area contributed by atoms with Crippen molar-refractivity contribution in [2.75, 3.05) is 32.8 Å². The average Bonchev–Trinajstić information content (AvgIpc) is 2.41. The van der Waals surface area contributed by atoms with E-state index in [1.165, 1.54) is 51.4 Å². The molecule has 0 amide bonds. The highest BCUT2D eigenvalue weighted by Gasteiger charge is 2.23. The van der Waals surface area contributed by atoms with Gasteiger partial charge in [-0.2, -0.15) is 4.65 Å². The van der Waals surface area contributed by atoms with Gasteiger partial charge in [-0.15, -0.1) is 0 Å². The topological polar surface area (TPSA) is 60.7 Å². The monoisotopic (exact) mass is 290 g/mol. The van der Waals surface area contributed by atoms with Crippen LogP contribution in [0.15, 0.2) is 0 Å². The van der Waals surface area contributed by atoms with Crippen molar-refractivity contribution < 1.29 is 20.1 Å². The van der Waals surface area contributed by atoms with E-state index in [-0.39, 0.29) is 17.9 Å². The first kappa shape index (κ1) is 19.8. The molecule has 20 heavy (non-hydrogen) atoms. The second kappa shape index (κ2) is 13.8. The Kier molecular flexibility index (Phi) is 13.7. The molecule has 0 saturated carbocycles. The van der Waals surface area contributed by atoms with Crippen molar-refractivity contribution in [1.82, 2.24) is 0 Å². The van der Waals surface area contributed by atoms with E-state index >= 15 is 0 Å². The highest BCUT2D eigenvalue weighted by molar-refractivity contribution is 4.47. The Bertz CT molecular complexity index is 194. The van der Waals surface area contributed by atoms with Gasteiger partial charge in [-0.05, 0) is 12.8 Å². The van der Waals surface area contributed by atoms with Crippen LogP contribution in [0.25, 0.3) is 0 Å². The van der Waals surface area contributed by atoms with Gasteiger partial charge in [0, 0.05) is 0 Å². The predicted molar refractivity (Wildman–Crippen MR) is 82.7 cm³/mol. The number of hydroxylamine groups is 3. The first-order chi connectivity index (χ1) is 9.68. The molecule has 0 rings (SSSR count). The molecule has 0 spiro atoms.